The Kier molecular flexibility index (Phi) is 5.03. The molecule has 0 aliphatic rings. The monoisotopic (exact) mass is 283 g/mol. The van der Waals surface area contributed by atoms with E-state index in [4.69, 9.17) is 4.74 Å². The lowest BCUT2D eigenvalue weighted by molar-refractivity contribution is 0.416. The Bertz CT molecular complexity index is 617. The summed E-state index contributed by atoms with van der Waals surface area (Å²) in [5, 5.41) is 3.46. The van der Waals surface area contributed by atoms with Crippen molar-refractivity contribution in [3.05, 3.63) is 53.1 Å². The van der Waals surface area contributed by atoms with Gasteiger partial charge in [0.15, 0.2) is 0 Å². The standard InChI is InChI=1S/C19H25NO/c1-13(2)20-12-16-7-6-8-17(11-16)19-15(4)9-14(3)10-18(19)21-5/h6-11,13,20H,12H2,1-5H3. The van der Waals surface area contributed by atoms with Gasteiger partial charge in [-0.05, 0) is 48.2 Å². The number of hydrogen-bond acceptors (Lipinski definition) is 2. The number of benzene rings is 2. The van der Waals surface area contributed by atoms with Crippen LogP contribution < -0.4 is 10.1 Å². The van der Waals surface area contributed by atoms with Gasteiger partial charge >= 0.3 is 0 Å². The molecule has 0 saturated heterocycles. The Morgan fingerprint density at radius 3 is 2.52 bits per heavy atom. The number of nitrogens with one attached hydrogen (secondary N) is 1. The molecule has 2 aromatic carbocycles. The van der Waals surface area contributed by atoms with E-state index in [2.05, 4.69) is 69.4 Å². The molecular formula is C19H25NO. The molecule has 2 rings (SSSR count). The van der Waals surface area contributed by atoms with Crippen molar-refractivity contribution in [3.63, 3.8) is 0 Å². The number of aryl methyl sites for hydroxylation is 2. The smallest absolute Gasteiger partial charge is 0.127 e. The third kappa shape index (κ3) is 3.85. The Labute approximate surface area is 128 Å². The van der Waals surface area contributed by atoms with Crippen LogP contribution in [0.15, 0.2) is 36.4 Å². The minimum absolute atomic E-state index is 0.490. The predicted octanol–water partition coefficient (Wildman–Crippen LogP) is 4.48. The van der Waals surface area contributed by atoms with Crippen LogP contribution in [0.1, 0.15) is 30.5 Å². The average Bonchev–Trinajstić information content (AvgIpc) is 2.44. The lowest BCUT2D eigenvalue weighted by Crippen LogP contribution is -2.21. The molecule has 0 atom stereocenters. The van der Waals surface area contributed by atoms with Crippen LogP contribution in [0.4, 0.5) is 0 Å². The van der Waals surface area contributed by atoms with Crippen LogP contribution in [0.3, 0.4) is 0 Å². The van der Waals surface area contributed by atoms with Crippen LogP contribution in [0.5, 0.6) is 5.75 Å². The Balaban J connectivity index is 2.40. The summed E-state index contributed by atoms with van der Waals surface area (Å²) in [5.41, 5.74) is 6.18. The van der Waals surface area contributed by atoms with Crippen molar-refractivity contribution in [2.75, 3.05) is 7.11 Å². The first-order valence-electron chi connectivity index (χ1n) is 7.49. The molecular weight excluding hydrogens is 258 g/mol. The van der Waals surface area contributed by atoms with Gasteiger partial charge in [0, 0.05) is 18.2 Å². The molecule has 2 aromatic rings. The van der Waals surface area contributed by atoms with E-state index in [1.807, 2.05) is 0 Å². The highest BCUT2D eigenvalue weighted by molar-refractivity contribution is 5.75. The third-order valence-electron chi connectivity index (χ3n) is 3.59. The fourth-order valence-electron chi connectivity index (χ4n) is 2.62. The highest BCUT2D eigenvalue weighted by Gasteiger charge is 2.10. The molecule has 0 unspecified atom stereocenters. The van der Waals surface area contributed by atoms with E-state index in [9.17, 15) is 0 Å². The average molecular weight is 283 g/mol. The first-order chi connectivity index (χ1) is 10.0. The van der Waals surface area contributed by atoms with E-state index >= 15 is 0 Å². The number of methoxy groups -OCH3 is 1. The minimum atomic E-state index is 0.490. The van der Waals surface area contributed by atoms with E-state index in [1.54, 1.807) is 7.11 Å². The fourth-order valence-corrected chi connectivity index (χ4v) is 2.62. The van der Waals surface area contributed by atoms with Gasteiger partial charge in [0.25, 0.3) is 0 Å². The minimum Gasteiger partial charge on any atom is -0.496 e. The molecule has 0 bridgehead atoms. The maximum atomic E-state index is 5.58. The largest absolute Gasteiger partial charge is 0.496 e. The quantitative estimate of drug-likeness (QED) is 0.873. The maximum absolute atomic E-state index is 5.58. The van der Waals surface area contributed by atoms with Crippen LogP contribution in [-0.4, -0.2) is 13.2 Å². The summed E-state index contributed by atoms with van der Waals surface area (Å²) in [6, 6.07) is 13.5. The van der Waals surface area contributed by atoms with E-state index in [1.165, 1.54) is 27.8 Å². The molecule has 2 heteroatoms. The Hall–Kier alpha value is -1.80. The van der Waals surface area contributed by atoms with Crippen molar-refractivity contribution in [3.8, 4) is 16.9 Å². The second kappa shape index (κ2) is 6.77. The summed E-state index contributed by atoms with van der Waals surface area (Å²) in [4.78, 5) is 0. The topological polar surface area (TPSA) is 21.3 Å². The Morgan fingerprint density at radius 1 is 1.10 bits per heavy atom. The highest BCUT2D eigenvalue weighted by Crippen LogP contribution is 2.34. The predicted molar refractivity (Wildman–Crippen MR) is 89.9 cm³/mol. The zero-order valence-corrected chi connectivity index (χ0v) is 13.7. The van der Waals surface area contributed by atoms with Crippen molar-refractivity contribution < 1.29 is 4.74 Å². The lowest BCUT2D eigenvalue weighted by Gasteiger charge is -2.15. The first kappa shape index (κ1) is 15.6. The van der Waals surface area contributed by atoms with E-state index < -0.39 is 0 Å². The molecule has 2 nitrogen and oxygen atoms in total. The van der Waals surface area contributed by atoms with Crippen molar-refractivity contribution in [2.45, 2.75) is 40.3 Å². The van der Waals surface area contributed by atoms with Gasteiger partial charge in [-0.2, -0.15) is 0 Å². The van der Waals surface area contributed by atoms with Crippen LogP contribution >= 0.6 is 0 Å². The number of hydrogen-bond donors (Lipinski definition) is 1. The maximum Gasteiger partial charge on any atom is 0.127 e. The zero-order valence-electron chi connectivity index (χ0n) is 13.7. The zero-order chi connectivity index (χ0) is 15.4. The fraction of sp³-hybridized carbons (Fsp3) is 0.368. The SMILES string of the molecule is COc1cc(C)cc(C)c1-c1cccc(CNC(C)C)c1. The number of rotatable bonds is 5. The van der Waals surface area contributed by atoms with Gasteiger partial charge in [0.05, 0.1) is 7.11 Å². The van der Waals surface area contributed by atoms with E-state index in [0.717, 1.165) is 12.3 Å². The van der Waals surface area contributed by atoms with Gasteiger partial charge in [0.2, 0.25) is 0 Å². The third-order valence-corrected chi connectivity index (χ3v) is 3.59. The van der Waals surface area contributed by atoms with Crippen LogP contribution in [0.25, 0.3) is 11.1 Å². The summed E-state index contributed by atoms with van der Waals surface area (Å²) in [6.45, 7) is 9.46. The van der Waals surface area contributed by atoms with Gasteiger partial charge in [0.1, 0.15) is 5.75 Å². The summed E-state index contributed by atoms with van der Waals surface area (Å²) in [6.07, 6.45) is 0. The second-order valence-electron chi connectivity index (χ2n) is 5.90. The Morgan fingerprint density at radius 2 is 1.86 bits per heavy atom. The second-order valence-corrected chi connectivity index (χ2v) is 5.90. The molecule has 0 saturated carbocycles. The van der Waals surface area contributed by atoms with Crippen LogP contribution in [0.2, 0.25) is 0 Å². The molecule has 1 N–H and O–H groups in total. The highest BCUT2D eigenvalue weighted by atomic mass is 16.5. The molecule has 0 fully saturated rings. The van der Waals surface area contributed by atoms with Crippen molar-refractivity contribution in [1.29, 1.82) is 0 Å². The normalized spacial score (nSPS) is 11.0. The van der Waals surface area contributed by atoms with Crippen molar-refractivity contribution >= 4 is 0 Å². The molecule has 0 radical (unpaired) electrons. The van der Waals surface area contributed by atoms with E-state index in [-0.39, 0.29) is 0 Å². The molecule has 0 aliphatic carbocycles. The molecule has 0 amide bonds. The van der Waals surface area contributed by atoms with E-state index in [0.29, 0.717) is 6.04 Å². The molecule has 21 heavy (non-hydrogen) atoms. The lowest BCUT2D eigenvalue weighted by atomic mass is 9.96. The van der Waals surface area contributed by atoms with Crippen molar-refractivity contribution in [2.24, 2.45) is 0 Å². The molecule has 0 spiro atoms. The first-order valence-corrected chi connectivity index (χ1v) is 7.49. The van der Waals surface area contributed by atoms with Crippen LogP contribution in [-0.2, 0) is 6.54 Å². The van der Waals surface area contributed by atoms with Gasteiger partial charge in [-0.1, -0.05) is 38.1 Å². The summed E-state index contributed by atoms with van der Waals surface area (Å²) < 4.78 is 5.58. The van der Waals surface area contributed by atoms with Crippen LogP contribution in [0, 0.1) is 13.8 Å². The van der Waals surface area contributed by atoms with Gasteiger partial charge in [-0.15, -0.1) is 0 Å². The van der Waals surface area contributed by atoms with Gasteiger partial charge in [-0.3, -0.25) is 0 Å². The molecule has 0 aromatic heterocycles. The molecule has 0 aliphatic heterocycles. The summed E-state index contributed by atoms with van der Waals surface area (Å²) in [7, 11) is 1.74. The van der Waals surface area contributed by atoms with Crippen molar-refractivity contribution in [1.82, 2.24) is 5.32 Å². The molecule has 0 heterocycles. The number of ether oxygens (including phenoxy) is 1. The molecule has 112 valence electrons. The van der Waals surface area contributed by atoms with Gasteiger partial charge < -0.3 is 10.1 Å². The summed E-state index contributed by atoms with van der Waals surface area (Å²) >= 11 is 0. The van der Waals surface area contributed by atoms with Gasteiger partial charge in [-0.25, -0.2) is 0 Å². The summed E-state index contributed by atoms with van der Waals surface area (Å²) in [5.74, 6) is 0.946.